The second kappa shape index (κ2) is 10.1. The maximum Gasteiger partial charge on any atom is 0.405 e. The molecule has 1 amide bonds. The van der Waals surface area contributed by atoms with E-state index in [1.165, 1.54) is 22.8 Å². The Hall–Kier alpha value is -4.32. The van der Waals surface area contributed by atoms with Crippen LogP contribution >= 0.6 is 0 Å². The fourth-order valence-corrected chi connectivity index (χ4v) is 5.15. The number of fused-ring (bicyclic) bond motifs is 1. The number of carboxylic acid groups (broad SMARTS) is 1. The van der Waals surface area contributed by atoms with Gasteiger partial charge in [0, 0.05) is 12.5 Å². The minimum absolute atomic E-state index is 0.0322. The standard InChI is InChI=1S/C27H24F2N4O5S/c1-39(37,38)32-20-6-9-22-23(14-20)30-25(24(31-27(35)36)12-15-10-18(28)13-19(29)11-15)33(26(22)34)21-7-4-17(5-8-21)16-2-3-16/h4-11,13-14,16,24,31-32H,2-3,12H2,1H3,(H,35,36). The van der Waals surface area contributed by atoms with Crippen LogP contribution in [-0.4, -0.2) is 35.4 Å². The van der Waals surface area contributed by atoms with Gasteiger partial charge in [0.1, 0.15) is 17.5 Å². The van der Waals surface area contributed by atoms with Gasteiger partial charge < -0.3 is 10.4 Å². The maximum absolute atomic E-state index is 13.9. The molecule has 0 radical (unpaired) electrons. The second-order valence-electron chi connectivity index (χ2n) is 9.57. The summed E-state index contributed by atoms with van der Waals surface area (Å²) in [5, 5.41) is 12.1. The van der Waals surface area contributed by atoms with E-state index < -0.39 is 39.4 Å². The van der Waals surface area contributed by atoms with E-state index in [4.69, 9.17) is 0 Å². The Labute approximate surface area is 222 Å². The molecule has 1 atom stereocenters. The Morgan fingerprint density at radius 1 is 1.08 bits per heavy atom. The summed E-state index contributed by atoms with van der Waals surface area (Å²) in [5.41, 5.74) is 1.43. The highest BCUT2D eigenvalue weighted by Gasteiger charge is 2.26. The van der Waals surface area contributed by atoms with Crippen LogP contribution in [0.2, 0.25) is 0 Å². The van der Waals surface area contributed by atoms with Crippen molar-refractivity contribution in [3.8, 4) is 5.69 Å². The second-order valence-corrected chi connectivity index (χ2v) is 11.3. The van der Waals surface area contributed by atoms with Crippen molar-refractivity contribution in [1.82, 2.24) is 14.9 Å². The average molecular weight is 555 g/mol. The van der Waals surface area contributed by atoms with Crippen molar-refractivity contribution >= 4 is 32.7 Å². The summed E-state index contributed by atoms with van der Waals surface area (Å²) in [7, 11) is -3.63. The molecule has 9 nitrogen and oxygen atoms in total. The van der Waals surface area contributed by atoms with Crippen molar-refractivity contribution in [2.45, 2.75) is 31.2 Å². The summed E-state index contributed by atoms with van der Waals surface area (Å²) in [6.07, 6.45) is 1.49. The summed E-state index contributed by atoms with van der Waals surface area (Å²) in [4.78, 5) is 30.2. The van der Waals surface area contributed by atoms with Crippen LogP contribution < -0.4 is 15.6 Å². The number of amides is 1. The quantitative estimate of drug-likeness (QED) is 0.295. The molecular weight excluding hydrogens is 530 g/mol. The normalized spacial score (nSPS) is 14.2. The van der Waals surface area contributed by atoms with Gasteiger partial charge in [0.2, 0.25) is 10.0 Å². The van der Waals surface area contributed by atoms with Crippen molar-refractivity contribution < 1.29 is 27.1 Å². The van der Waals surface area contributed by atoms with Crippen LogP contribution in [0.3, 0.4) is 0 Å². The summed E-state index contributed by atoms with van der Waals surface area (Å²) in [6.45, 7) is 0. The lowest BCUT2D eigenvalue weighted by Gasteiger charge is -2.22. The number of nitrogens with zero attached hydrogens (tertiary/aromatic N) is 2. The van der Waals surface area contributed by atoms with Crippen molar-refractivity contribution in [3.63, 3.8) is 0 Å². The number of anilines is 1. The SMILES string of the molecule is CS(=O)(=O)Nc1ccc2c(=O)n(-c3ccc(C4CC4)cc3)c(C(Cc3cc(F)cc(F)c3)NC(=O)O)nc2c1. The number of carbonyl (C=O) groups is 1. The smallest absolute Gasteiger partial charge is 0.405 e. The lowest BCUT2D eigenvalue weighted by Crippen LogP contribution is -2.35. The van der Waals surface area contributed by atoms with Gasteiger partial charge >= 0.3 is 6.09 Å². The molecule has 0 bridgehead atoms. The molecule has 1 heterocycles. The van der Waals surface area contributed by atoms with E-state index in [1.807, 2.05) is 12.1 Å². The summed E-state index contributed by atoms with van der Waals surface area (Å²) in [5.74, 6) is -1.24. The Morgan fingerprint density at radius 2 is 1.74 bits per heavy atom. The lowest BCUT2D eigenvalue weighted by molar-refractivity contribution is 0.189. The first-order valence-electron chi connectivity index (χ1n) is 12.1. The highest BCUT2D eigenvalue weighted by molar-refractivity contribution is 7.92. The molecule has 1 aromatic heterocycles. The number of aromatic nitrogens is 2. The minimum atomic E-state index is -3.63. The molecule has 12 heteroatoms. The third-order valence-corrected chi connectivity index (χ3v) is 6.98. The third-order valence-electron chi connectivity index (χ3n) is 6.37. The first-order valence-corrected chi connectivity index (χ1v) is 14.0. The van der Waals surface area contributed by atoms with E-state index in [2.05, 4.69) is 15.0 Å². The van der Waals surface area contributed by atoms with E-state index in [9.17, 15) is 31.9 Å². The van der Waals surface area contributed by atoms with E-state index in [1.54, 1.807) is 12.1 Å². The Morgan fingerprint density at radius 3 is 2.33 bits per heavy atom. The number of rotatable bonds is 8. The van der Waals surface area contributed by atoms with Gasteiger partial charge in [-0.3, -0.25) is 14.1 Å². The largest absolute Gasteiger partial charge is 0.465 e. The topological polar surface area (TPSA) is 130 Å². The fraction of sp³-hybridized carbons (Fsp3) is 0.222. The molecule has 1 unspecified atom stereocenters. The van der Waals surface area contributed by atoms with Gasteiger partial charge in [0.15, 0.2) is 0 Å². The lowest BCUT2D eigenvalue weighted by atomic mass is 10.0. The number of hydrogen-bond donors (Lipinski definition) is 3. The van der Waals surface area contributed by atoms with E-state index >= 15 is 0 Å². The van der Waals surface area contributed by atoms with Gasteiger partial charge in [0.25, 0.3) is 5.56 Å². The summed E-state index contributed by atoms with van der Waals surface area (Å²) < 4.78 is 55.0. The molecule has 5 rings (SSSR count). The monoisotopic (exact) mass is 554 g/mol. The van der Waals surface area contributed by atoms with Crippen molar-refractivity contribution in [2.24, 2.45) is 0 Å². The molecule has 202 valence electrons. The number of halogens is 2. The predicted octanol–water partition coefficient (Wildman–Crippen LogP) is 4.46. The zero-order valence-corrected chi connectivity index (χ0v) is 21.5. The van der Waals surface area contributed by atoms with Crippen molar-refractivity contribution in [2.75, 3.05) is 11.0 Å². The molecular formula is C27H24F2N4O5S. The van der Waals surface area contributed by atoms with E-state index in [-0.39, 0.29) is 34.4 Å². The Balaban J connectivity index is 1.71. The molecule has 1 saturated carbocycles. The van der Waals surface area contributed by atoms with E-state index in [0.717, 1.165) is 36.8 Å². The van der Waals surface area contributed by atoms with Gasteiger partial charge in [-0.15, -0.1) is 0 Å². The van der Waals surface area contributed by atoms with E-state index in [0.29, 0.717) is 17.7 Å². The molecule has 0 spiro atoms. The van der Waals surface area contributed by atoms with Gasteiger partial charge in [-0.1, -0.05) is 12.1 Å². The third kappa shape index (κ3) is 6.06. The van der Waals surface area contributed by atoms with Gasteiger partial charge in [-0.05, 0) is 72.4 Å². The predicted molar refractivity (Wildman–Crippen MR) is 142 cm³/mol. The Bertz CT molecular complexity index is 1730. The molecule has 3 N–H and O–H groups in total. The first-order chi connectivity index (χ1) is 18.5. The Kier molecular flexibility index (Phi) is 6.81. The molecule has 4 aromatic rings. The molecule has 39 heavy (non-hydrogen) atoms. The first kappa shape index (κ1) is 26.3. The van der Waals surface area contributed by atoms with Crippen molar-refractivity contribution in [1.29, 1.82) is 0 Å². The van der Waals surface area contributed by atoms with Crippen LogP contribution in [0.4, 0.5) is 19.3 Å². The van der Waals surface area contributed by atoms with Crippen LogP contribution in [0.25, 0.3) is 16.6 Å². The fourth-order valence-electron chi connectivity index (χ4n) is 4.60. The zero-order valence-electron chi connectivity index (χ0n) is 20.7. The van der Waals surface area contributed by atoms with Crippen LogP contribution in [0, 0.1) is 11.6 Å². The number of sulfonamides is 1. The molecule has 1 fully saturated rings. The molecule has 0 saturated heterocycles. The number of benzene rings is 3. The minimum Gasteiger partial charge on any atom is -0.465 e. The molecule has 3 aromatic carbocycles. The van der Waals surface area contributed by atoms with Crippen LogP contribution in [0.1, 0.15) is 41.8 Å². The van der Waals surface area contributed by atoms with Crippen LogP contribution in [0.5, 0.6) is 0 Å². The molecule has 1 aliphatic rings. The summed E-state index contributed by atoms with van der Waals surface area (Å²) >= 11 is 0. The highest BCUT2D eigenvalue weighted by atomic mass is 32.2. The molecule has 0 aliphatic heterocycles. The number of hydrogen-bond acceptors (Lipinski definition) is 5. The number of nitrogens with one attached hydrogen (secondary N) is 2. The van der Waals surface area contributed by atoms with Crippen LogP contribution in [0.15, 0.2) is 65.5 Å². The zero-order chi connectivity index (χ0) is 27.9. The maximum atomic E-state index is 13.9. The summed E-state index contributed by atoms with van der Waals surface area (Å²) in [6, 6.07) is 13.1. The van der Waals surface area contributed by atoms with Crippen LogP contribution in [-0.2, 0) is 16.4 Å². The van der Waals surface area contributed by atoms with Crippen molar-refractivity contribution in [3.05, 3.63) is 99.6 Å². The highest BCUT2D eigenvalue weighted by Crippen LogP contribution is 2.40. The van der Waals surface area contributed by atoms with Gasteiger partial charge in [-0.2, -0.15) is 0 Å². The van der Waals surface area contributed by atoms with Gasteiger partial charge in [-0.25, -0.2) is 27.0 Å². The molecule has 1 aliphatic carbocycles. The average Bonchev–Trinajstić information content (AvgIpc) is 3.67. The van der Waals surface area contributed by atoms with Gasteiger partial charge in [0.05, 0.1) is 34.6 Å².